The molecule has 0 aliphatic heterocycles. The van der Waals surface area contributed by atoms with Crippen molar-refractivity contribution >= 4 is 11.6 Å². The standard InChI is InChI=1S/C20H28ClNO/c1-13(2)23-19-4-3-18(21)8-17(19)12-22-20-9-14-5-15(10-20)7-16(6-14)11-20/h3-4,8,13-16,22H,5-7,9-12H2,1-2H3. The zero-order chi connectivity index (χ0) is 16.0. The Balaban J connectivity index is 1.50. The van der Waals surface area contributed by atoms with E-state index in [1.165, 1.54) is 44.1 Å². The van der Waals surface area contributed by atoms with E-state index in [9.17, 15) is 0 Å². The van der Waals surface area contributed by atoms with Gasteiger partial charge in [-0.05, 0) is 88.3 Å². The summed E-state index contributed by atoms with van der Waals surface area (Å²) in [5.41, 5.74) is 1.58. The molecule has 5 rings (SSSR count). The molecule has 4 saturated carbocycles. The van der Waals surface area contributed by atoms with Gasteiger partial charge in [-0.3, -0.25) is 0 Å². The van der Waals surface area contributed by atoms with Crippen LogP contribution < -0.4 is 10.1 Å². The van der Waals surface area contributed by atoms with Crippen LogP contribution in [0.1, 0.15) is 57.9 Å². The number of halogens is 1. The molecular weight excluding hydrogens is 306 g/mol. The van der Waals surface area contributed by atoms with E-state index in [1.54, 1.807) is 0 Å². The van der Waals surface area contributed by atoms with Gasteiger partial charge in [0.25, 0.3) is 0 Å². The van der Waals surface area contributed by atoms with Crippen molar-refractivity contribution in [2.24, 2.45) is 17.8 Å². The van der Waals surface area contributed by atoms with E-state index in [1.807, 2.05) is 12.1 Å². The quantitative estimate of drug-likeness (QED) is 0.801. The molecule has 23 heavy (non-hydrogen) atoms. The highest BCUT2D eigenvalue weighted by Gasteiger charge is 2.50. The summed E-state index contributed by atoms with van der Waals surface area (Å²) in [6.07, 6.45) is 8.77. The van der Waals surface area contributed by atoms with Crippen LogP contribution in [0.3, 0.4) is 0 Å². The van der Waals surface area contributed by atoms with Crippen molar-refractivity contribution in [1.29, 1.82) is 0 Å². The van der Waals surface area contributed by atoms with Crippen molar-refractivity contribution in [2.75, 3.05) is 0 Å². The van der Waals surface area contributed by atoms with Crippen LogP contribution in [0.25, 0.3) is 0 Å². The Morgan fingerprint density at radius 2 is 1.74 bits per heavy atom. The lowest BCUT2D eigenvalue weighted by Crippen LogP contribution is -2.58. The first-order valence-corrected chi connectivity index (χ1v) is 9.59. The second-order valence-corrected chi connectivity index (χ2v) is 8.91. The van der Waals surface area contributed by atoms with Crippen molar-refractivity contribution < 1.29 is 4.74 Å². The molecule has 0 saturated heterocycles. The van der Waals surface area contributed by atoms with E-state index in [2.05, 4.69) is 25.2 Å². The van der Waals surface area contributed by atoms with Gasteiger partial charge in [-0.2, -0.15) is 0 Å². The van der Waals surface area contributed by atoms with Crippen LogP contribution in [0.5, 0.6) is 5.75 Å². The second-order valence-electron chi connectivity index (χ2n) is 8.47. The first-order chi connectivity index (χ1) is 11.0. The topological polar surface area (TPSA) is 21.3 Å². The maximum absolute atomic E-state index is 6.22. The van der Waals surface area contributed by atoms with Gasteiger partial charge in [-0.1, -0.05) is 11.6 Å². The number of hydrogen-bond acceptors (Lipinski definition) is 2. The molecule has 4 fully saturated rings. The zero-order valence-electron chi connectivity index (χ0n) is 14.3. The van der Waals surface area contributed by atoms with Gasteiger partial charge in [0.1, 0.15) is 5.75 Å². The minimum absolute atomic E-state index is 0.189. The number of rotatable bonds is 5. The molecule has 0 heterocycles. The Bertz CT molecular complexity index is 548. The van der Waals surface area contributed by atoms with Gasteiger partial charge >= 0.3 is 0 Å². The first kappa shape index (κ1) is 15.8. The molecule has 4 bridgehead atoms. The van der Waals surface area contributed by atoms with Gasteiger partial charge in [-0.25, -0.2) is 0 Å². The summed E-state index contributed by atoms with van der Waals surface area (Å²) in [5, 5.41) is 4.74. The fourth-order valence-electron chi connectivity index (χ4n) is 5.66. The summed E-state index contributed by atoms with van der Waals surface area (Å²) >= 11 is 6.22. The number of hydrogen-bond donors (Lipinski definition) is 1. The van der Waals surface area contributed by atoms with Gasteiger partial charge in [0.2, 0.25) is 0 Å². The zero-order valence-corrected chi connectivity index (χ0v) is 15.0. The molecule has 4 aliphatic rings. The van der Waals surface area contributed by atoms with Crippen LogP contribution in [0.15, 0.2) is 18.2 Å². The minimum Gasteiger partial charge on any atom is -0.491 e. The molecule has 0 radical (unpaired) electrons. The lowest BCUT2D eigenvalue weighted by atomic mass is 9.53. The van der Waals surface area contributed by atoms with Crippen molar-refractivity contribution in [3.8, 4) is 5.75 Å². The van der Waals surface area contributed by atoms with E-state index < -0.39 is 0 Å². The van der Waals surface area contributed by atoms with Crippen molar-refractivity contribution in [3.63, 3.8) is 0 Å². The summed E-state index contributed by atoms with van der Waals surface area (Å²) in [6, 6.07) is 6.00. The predicted octanol–water partition coefficient (Wildman–Crippen LogP) is 5.19. The largest absolute Gasteiger partial charge is 0.491 e. The fourth-order valence-corrected chi connectivity index (χ4v) is 5.86. The molecule has 126 valence electrons. The lowest BCUT2D eigenvalue weighted by Gasteiger charge is -2.57. The van der Waals surface area contributed by atoms with Crippen LogP contribution in [0.4, 0.5) is 0 Å². The van der Waals surface area contributed by atoms with Gasteiger partial charge in [-0.15, -0.1) is 0 Å². The third-order valence-corrected chi connectivity index (χ3v) is 6.31. The van der Waals surface area contributed by atoms with Gasteiger partial charge < -0.3 is 10.1 Å². The van der Waals surface area contributed by atoms with E-state index >= 15 is 0 Å². The van der Waals surface area contributed by atoms with E-state index in [0.717, 1.165) is 35.1 Å². The van der Waals surface area contributed by atoms with Crippen molar-refractivity contribution in [2.45, 2.75) is 70.6 Å². The molecule has 0 aromatic heterocycles. The Labute approximate surface area is 144 Å². The van der Waals surface area contributed by atoms with Gasteiger partial charge in [0, 0.05) is 22.7 Å². The normalized spacial score (nSPS) is 35.0. The maximum atomic E-state index is 6.22. The smallest absolute Gasteiger partial charge is 0.124 e. The molecule has 4 aliphatic carbocycles. The summed E-state index contributed by atoms with van der Waals surface area (Å²) in [4.78, 5) is 0. The Hall–Kier alpha value is -0.730. The maximum Gasteiger partial charge on any atom is 0.124 e. The Kier molecular flexibility index (Phi) is 4.09. The first-order valence-electron chi connectivity index (χ1n) is 9.21. The number of nitrogens with one attached hydrogen (secondary N) is 1. The third kappa shape index (κ3) is 3.25. The van der Waals surface area contributed by atoms with Crippen molar-refractivity contribution in [3.05, 3.63) is 28.8 Å². The Morgan fingerprint density at radius 1 is 1.13 bits per heavy atom. The predicted molar refractivity (Wildman–Crippen MR) is 95.0 cm³/mol. The molecule has 3 heteroatoms. The SMILES string of the molecule is CC(C)Oc1ccc(Cl)cc1CNC12CC3CC(CC(C3)C1)C2. The molecule has 0 atom stereocenters. The van der Waals surface area contributed by atoms with Gasteiger partial charge in [0.15, 0.2) is 0 Å². The van der Waals surface area contributed by atoms with Crippen LogP contribution in [0, 0.1) is 17.8 Å². The highest BCUT2D eigenvalue weighted by atomic mass is 35.5. The van der Waals surface area contributed by atoms with Crippen molar-refractivity contribution in [1.82, 2.24) is 5.32 Å². The highest BCUT2D eigenvalue weighted by Crippen LogP contribution is 2.55. The fraction of sp³-hybridized carbons (Fsp3) is 0.700. The molecule has 0 unspecified atom stereocenters. The number of benzene rings is 1. The Morgan fingerprint density at radius 3 is 2.30 bits per heavy atom. The monoisotopic (exact) mass is 333 g/mol. The molecular formula is C20H28ClNO. The molecule has 2 nitrogen and oxygen atoms in total. The second kappa shape index (κ2) is 5.97. The molecule has 1 aromatic carbocycles. The summed E-state index contributed by atoms with van der Waals surface area (Å²) < 4.78 is 5.97. The van der Waals surface area contributed by atoms with E-state index in [0.29, 0.717) is 5.54 Å². The summed E-state index contributed by atoms with van der Waals surface area (Å²) in [5.74, 6) is 3.89. The number of ether oxygens (including phenoxy) is 1. The van der Waals surface area contributed by atoms with E-state index in [-0.39, 0.29) is 6.10 Å². The molecule has 0 spiro atoms. The van der Waals surface area contributed by atoms with Crippen LogP contribution in [-0.4, -0.2) is 11.6 Å². The molecule has 1 aromatic rings. The molecule has 0 amide bonds. The van der Waals surface area contributed by atoms with Crippen LogP contribution in [0.2, 0.25) is 5.02 Å². The molecule has 1 N–H and O–H groups in total. The van der Waals surface area contributed by atoms with Crippen LogP contribution >= 0.6 is 11.6 Å². The summed E-state index contributed by atoms with van der Waals surface area (Å²) in [7, 11) is 0. The average molecular weight is 334 g/mol. The minimum atomic E-state index is 0.189. The van der Waals surface area contributed by atoms with Gasteiger partial charge in [0.05, 0.1) is 6.10 Å². The average Bonchev–Trinajstić information content (AvgIpc) is 2.46. The van der Waals surface area contributed by atoms with E-state index in [4.69, 9.17) is 16.3 Å². The summed E-state index contributed by atoms with van der Waals surface area (Å²) in [6.45, 7) is 5.02. The third-order valence-electron chi connectivity index (χ3n) is 6.08. The highest BCUT2D eigenvalue weighted by molar-refractivity contribution is 6.30. The van der Waals surface area contributed by atoms with Crippen LogP contribution in [-0.2, 0) is 6.54 Å². The lowest BCUT2D eigenvalue weighted by molar-refractivity contribution is -0.0206.